The molecule has 0 saturated carbocycles. The Morgan fingerprint density at radius 1 is 1.23 bits per heavy atom. The quantitative estimate of drug-likeness (QED) is 0.223. The minimum atomic E-state index is -0.458. The Kier molecular flexibility index (Phi) is 7.75. The van der Waals surface area contributed by atoms with Gasteiger partial charge in [0.15, 0.2) is 0 Å². The fourth-order valence-corrected chi connectivity index (χ4v) is 4.07. The van der Waals surface area contributed by atoms with Crippen LogP contribution in [0.1, 0.15) is 25.7 Å². The number of hydrogen-bond acceptors (Lipinski definition) is 8. The highest BCUT2D eigenvalue weighted by molar-refractivity contribution is 9.10. The lowest BCUT2D eigenvalue weighted by Gasteiger charge is -2.14. The number of anilines is 4. The Morgan fingerprint density at radius 3 is 2.83 bits per heavy atom. The largest absolute Gasteiger partial charge is 0.369 e. The molecule has 1 aromatic carbocycles. The second-order valence-corrected chi connectivity index (χ2v) is 8.95. The van der Waals surface area contributed by atoms with Crippen LogP contribution in [0.5, 0.6) is 0 Å². The number of rotatable bonds is 10. The summed E-state index contributed by atoms with van der Waals surface area (Å²) in [6.45, 7) is 1.04. The van der Waals surface area contributed by atoms with Crippen molar-refractivity contribution in [3.8, 4) is 0 Å². The van der Waals surface area contributed by atoms with Gasteiger partial charge in [0.1, 0.15) is 5.82 Å². The van der Waals surface area contributed by atoms with E-state index in [0.717, 1.165) is 4.90 Å². The summed E-state index contributed by atoms with van der Waals surface area (Å²) in [4.78, 5) is 56.9. The number of carbonyl (C=O) groups is 4. The van der Waals surface area contributed by atoms with Crippen molar-refractivity contribution in [2.45, 2.75) is 31.7 Å². The lowest BCUT2D eigenvalue weighted by molar-refractivity contribution is -0.121. The first-order valence-electron chi connectivity index (χ1n) is 11.2. The minimum absolute atomic E-state index is 0.00177. The van der Waals surface area contributed by atoms with Crippen LogP contribution in [-0.4, -0.2) is 59.4 Å². The van der Waals surface area contributed by atoms with Crippen molar-refractivity contribution < 1.29 is 19.2 Å². The van der Waals surface area contributed by atoms with Gasteiger partial charge in [-0.25, -0.2) is 14.7 Å². The third kappa shape index (κ3) is 6.44. The summed E-state index contributed by atoms with van der Waals surface area (Å²) in [5, 5.41) is 14.4. The zero-order chi connectivity index (χ0) is 24.8. The van der Waals surface area contributed by atoms with E-state index in [2.05, 4.69) is 52.5 Å². The van der Waals surface area contributed by atoms with Crippen molar-refractivity contribution in [3.05, 3.63) is 34.9 Å². The molecule has 0 radical (unpaired) electrons. The van der Waals surface area contributed by atoms with Gasteiger partial charge in [-0.3, -0.25) is 14.4 Å². The highest BCUT2D eigenvalue weighted by Gasteiger charge is 2.30. The third-order valence-electron chi connectivity index (χ3n) is 5.43. The van der Waals surface area contributed by atoms with Crippen molar-refractivity contribution in [1.82, 2.24) is 25.9 Å². The molecule has 1 unspecified atom stereocenters. The Balaban J connectivity index is 1.26. The average Bonchev–Trinajstić information content (AvgIpc) is 3.39. The van der Waals surface area contributed by atoms with Gasteiger partial charge in [-0.15, -0.1) is 0 Å². The molecule has 0 aliphatic carbocycles. The molecule has 4 rings (SSSR count). The number of imide groups is 1. The number of urea groups is 1. The molecule has 1 atom stereocenters. The zero-order valence-electron chi connectivity index (χ0n) is 18.8. The second kappa shape index (κ2) is 11.1. The van der Waals surface area contributed by atoms with Crippen molar-refractivity contribution in [1.29, 1.82) is 0 Å². The number of carbonyl (C=O) groups excluding carboxylic acids is 4. The molecule has 1 aromatic heterocycles. The Labute approximate surface area is 209 Å². The predicted octanol–water partition coefficient (Wildman–Crippen LogP) is 1.63. The summed E-state index contributed by atoms with van der Waals surface area (Å²) in [7, 11) is 0. The summed E-state index contributed by atoms with van der Waals surface area (Å²) in [6.07, 6.45) is 3.76. The van der Waals surface area contributed by atoms with Crippen LogP contribution in [0.25, 0.3) is 0 Å². The van der Waals surface area contributed by atoms with Crippen LogP contribution >= 0.6 is 15.9 Å². The number of halogens is 1. The molecule has 2 aliphatic heterocycles. The molecule has 2 aliphatic rings. The van der Waals surface area contributed by atoms with E-state index in [0.29, 0.717) is 66.4 Å². The van der Waals surface area contributed by atoms with Crippen LogP contribution in [0.4, 0.5) is 27.9 Å². The maximum absolute atomic E-state index is 12.0. The summed E-state index contributed by atoms with van der Waals surface area (Å²) >= 11 is 3.42. The van der Waals surface area contributed by atoms with Crippen molar-refractivity contribution in [2.24, 2.45) is 0 Å². The highest BCUT2D eigenvalue weighted by atomic mass is 79.9. The van der Waals surface area contributed by atoms with E-state index in [1.54, 1.807) is 30.5 Å². The molecule has 2 fully saturated rings. The van der Waals surface area contributed by atoms with Gasteiger partial charge in [0.2, 0.25) is 17.8 Å². The summed E-state index contributed by atoms with van der Waals surface area (Å²) in [5.74, 6) is 0.505. The third-order valence-corrected chi connectivity index (χ3v) is 6.01. The van der Waals surface area contributed by atoms with Crippen LogP contribution in [0.2, 0.25) is 0 Å². The Hall–Kier alpha value is -3.74. The maximum Gasteiger partial charge on any atom is 0.329 e. The molecule has 184 valence electrons. The van der Waals surface area contributed by atoms with Crippen molar-refractivity contribution >= 4 is 62.8 Å². The SMILES string of the molecule is O=C(CC1CCC(=O)N1)NCCCNc1nc(Nc2cccc(N3C(=O)CNC3=O)c2)ncc1Br. The first-order valence-corrected chi connectivity index (χ1v) is 12.0. The monoisotopic (exact) mass is 544 g/mol. The summed E-state index contributed by atoms with van der Waals surface area (Å²) in [6, 6.07) is 6.31. The molecule has 13 heteroatoms. The first kappa shape index (κ1) is 24.4. The maximum atomic E-state index is 12.0. The van der Waals surface area contributed by atoms with Gasteiger partial charge in [-0.1, -0.05) is 6.07 Å². The van der Waals surface area contributed by atoms with E-state index >= 15 is 0 Å². The molecule has 35 heavy (non-hydrogen) atoms. The van der Waals surface area contributed by atoms with E-state index in [1.807, 2.05) is 0 Å². The number of amides is 5. The molecule has 12 nitrogen and oxygen atoms in total. The standard InChI is InChI=1S/C22H25BrN8O4/c23-16-11-26-21(29-13-3-1-4-15(9-13)31-19(34)12-27-22(31)35)30-20(16)25-8-2-7-24-18(33)10-14-5-6-17(32)28-14/h1,3-4,9,11,14H,2,5-8,10,12H2,(H,24,33)(H,27,35)(H,28,32)(H2,25,26,29,30). The number of hydrogen-bond donors (Lipinski definition) is 5. The topological polar surface area (TPSA) is 157 Å². The normalized spacial score (nSPS) is 17.2. The van der Waals surface area contributed by atoms with Gasteiger partial charge in [-0.2, -0.15) is 4.98 Å². The molecular weight excluding hydrogens is 520 g/mol. The number of aromatic nitrogens is 2. The van der Waals surface area contributed by atoms with Crippen LogP contribution in [0.3, 0.4) is 0 Å². The van der Waals surface area contributed by atoms with Crippen molar-refractivity contribution in [2.75, 3.05) is 35.2 Å². The van der Waals surface area contributed by atoms with E-state index in [1.165, 1.54) is 0 Å². The fourth-order valence-electron chi connectivity index (χ4n) is 3.74. The Bertz CT molecular complexity index is 1130. The van der Waals surface area contributed by atoms with Gasteiger partial charge in [-0.05, 0) is 47.0 Å². The van der Waals surface area contributed by atoms with E-state index in [-0.39, 0.29) is 30.3 Å². The van der Waals surface area contributed by atoms with E-state index in [9.17, 15) is 19.2 Å². The van der Waals surface area contributed by atoms with Gasteiger partial charge in [0, 0.05) is 43.9 Å². The molecule has 3 heterocycles. The minimum Gasteiger partial charge on any atom is -0.369 e. The molecule has 2 aromatic rings. The van der Waals surface area contributed by atoms with Gasteiger partial charge in [0.25, 0.3) is 5.91 Å². The van der Waals surface area contributed by atoms with Crippen molar-refractivity contribution in [3.63, 3.8) is 0 Å². The molecule has 0 bridgehead atoms. The number of nitrogens with one attached hydrogen (secondary N) is 5. The summed E-state index contributed by atoms with van der Waals surface area (Å²) in [5.41, 5.74) is 1.06. The van der Waals surface area contributed by atoms with E-state index in [4.69, 9.17) is 0 Å². The average molecular weight is 545 g/mol. The zero-order valence-corrected chi connectivity index (χ0v) is 20.4. The van der Waals surface area contributed by atoms with Gasteiger partial charge in [0.05, 0.1) is 16.7 Å². The van der Waals surface area contributed by atoms with Crippen LogP contribution in [-0.2, 0) is 14.4 Å². The lowest BCUT2D eigenvalue weighted by Crippen LogP contribution is -2.34. The van der Waals surface area contributed by atoms with Crippen LogP contribution in [0, 0.1) is 0 Å². The Morgan fingerprint density at radius 2 is 2.09 bits per heavy atom. The number of nitrogens with zero attached hydrogens (tertiary/aromatic N) is 3. The molecule has 5 N–H and O–H groups in total. The number of benzene rings is 1. The van der Waals surface area contributed by atoms with E-state index < -0.39 is 6.03 Å². The van der Waals surface area contributed by atoms with Crippen LogP contribution in [0.15, 0.2) is 34.9 Å². The van der Waals surface area contributed by atoms with Crippen LogP contribution < -0.4 is 31.5 Å². The van der Waals surface area contributed by atoms with Gasteiger partial charge < -0.3 is 26.6 Å². The molecular formula is C22H25BrN8O4. The molecule has 5 amide bonds. The molecule has 0 spiro atoms. The lowest BCUT2D eigenvalue weighted by atomic mass is 10.1. The highest BCUT2D eigenvalue weighted by Crippen LogP contribution is 2.25. The smallest absolute Gasteiger partial charge is 0.329 e. The summed E-state index contributed by atoms with van der Waals surface area (Å²) < 4.78 is 0.678. The second-order valence-electron chi connectivity index (χ2n) is 8.09. The van der Waals surface area contributed by atoms with Gasteiger partial charge >= 0.3 is 6.03 Å². The predicted molar refractivity (Wildman–Crippen MR) is 132 cm³/mol. The first-order chi connectivity index (χ1) is 16.9. The fraction of sp³-hybridized carbons (Fsp3) is 0.364. The molecule has 2 saturated heterocycles.